The summed E-state index contributed by atoms with van der Waals surface area (Å²) in [6, 6.07) is 9.58. The molecule has 0 radical (unpaired) electrons. The Morgan fingerprint density at radius 3 is 2.90 bits per heavy atom. The molecule has 31 heavy (non-hydrogen) atoms. The predicted octanol–water partition coefficient (Wildman–Crippen LogP) is 4.33. The topological polar surface area (TPSA) is 91.5 Å². The second-order valence-corrected chi connectivity index (χ2v) is 8.23. The van der Waals surface area contributed by atoms with E-state index >= 15 is 0 Å². The SMILES string of the molecule is CCCc1cc(N2CCCCC2CCO)nc(Nc2ccc3c(C)cc(=O)oc3c2)n1. The Balaban J connectivity index is 1.67. The zero-order chi connectivity index (χ0) is 21.8. The molecule has 1 aromatic carbocycles. The van der Waals surface area contributed by atoms with Gasteiger partial charge in [0.15, 0.2) is 0 Å². The molecular formula is C24H30N4O3. The molecule has 0 bridgehead atoms. The molecule has 0 amide bonds. The molecule has 1 aliphatic heterocycles. The van der Waals surface area contributed by atoms with Crippen LogP contribution < -0.4 is 15.8 Å². The summed E-state index contributed by atoms with van der Waals surface area (Å²) in [6.45, 7) is 5.16. The highest BCUT2D eigenvalue weighted by Crippen LogP contribution is 2.28. The van der Waals surface area contributed by atoms with Crippen LogP contribution in [0.3, 0.4) is 0 Å². The van der Waals surface area contributed by atoms with Crippen LogP contribution in [0.15, 0.2) is 39.5 Å². The molecule has 164 valence electrons. The molecule has 2 aromatic heterocycles. The third-order valence-electron chi connectivity index (χ3n) is 5.86. The van der Waals surface area contributed by atoms with Crippen LogP contribution in [0.1, 0.15) is 50.3 Å². The number of aromatic nitrogens is 2. The van der Waals surface area contributed by atoms with E-state index in [4.69, 9.17) is 14.4 Å². The van der Waals surface area contributed by atoms with Gasteiger partial charge in [-0.25, -0.2) is 9.78 Å². The van der Waals surface area contributed by atoms with Crippen molar-refractivity contribution >= 4 is 28.4 Å². The molecule has 1 fully saturated rings. The minimum Gasteiger partial charge on any atom is -0.423 e. The summed E-state index contributed by atoms with van der Waals surface area (Å²) in [6.07, 6.45) is 5.99. The van der Waals surface area contributed by atoms with Crippen molar-refractivity contribution in [3.8, 4) is 0 Å². The molecule has 2 N–H and O–H groups in total. The van der Waals surface area contributed by atoms with E-state index in [0.717, 1.165) is 66.8 Å². The standard InChI is InChI=1S/C24H30N4O3/c1-3-6-17-15-22(28-11-5-4-7-19(28)10-12-29)27-24(25-17)26-18-8-9-20-16(2)13-23(30)31-21(20)14-18/h8-9,13-15,19,29H,3-7,10-12H2,1-2H3,(H,25,26,27). The highest BCUT2D eigenvalue weighted by atomic mass is 16.4. The third-order valence-corrected chi connectivity index (χ3v) is 5.86. The Morgan fingerprint density at radius 2 is 2.10 bits per heavy atom. The van der Waals surface area contributed by atoms with E-state index < -0.39 is 0 Å². The van der Waals surface area contributed by atoms with Crippen LogP contribution in [0.25, 0.3) is 11.0 Å². The smallest absolute Gasteiger partial charge is 0.336 e. The fourth-order valence-corrected chi connectivity index (χ4v) is 4.35. The lowest BCUT2D eigenvalue weighted by Gasteiger charge is -2.36. The first-order valence-corrected chi connectivity index (χ1v) is 11.1. The van der Waals surface area contributed by atoms with Crippen molar-refractivity contribution in [2.45, 2.75) is 58.4 Å². The van der Waals surface area contributed by atoms with Crippen LogP contribution in [0.4, 0.5) is 17.5 Å². The molecular weight excluding hydrogens is 392 g/mol. The van der Waals surface area contributed by atoms with Gasteiger partial charge in [-0.2, -0.15) is 4.98 Å². The van der Waals surface area contributed by atoms with Crippen molar-refractivity contribution in [1.29, 1.82) is 0 Å². The number of benzene rings is 1. The lowest BCUT2D eigenvalue weighted by molar-refractivity contribution is 0.262. The molecule has 1 saturated heterocycles. The second kappa shape index (κ2) is 9.47. The normalized spacial score (nSPS) is 16.6. The van der Waals surface area contributed by atoms with Crippen molar-refractivity contribution in [2.24, 2.45) is 0 Å². The van der Waals surface area contributed by atoms with Gasteiger partial charge in [-0.1, -0.05) is 13.3 Å². The van der Waals surface area contributed by atoms with Gasteiger partial charge in [0, 0.05) is 54.2 Å². The number of nitrogens with zero attached hydrogens (tertiary/aromatic N) is 3. The van der Waals surface area contributed by atoms with Crippen LogP contribution in [-0.2, 0) is 6.42 Å². The van der Waals surface area contributed by atoms with E-state index in [-0.39, 0.29) is 12.2 Å². The molecule has 1 atom stereocenters. The summed E-state index contributed by atoms with van der Waals surface area (Å²) < 4.78 is 5.37. The Morgan fingerprint density at radius 1 is 1.23 bits per heavy atom. The van der Waals surface area contributed by atoms with Gasteiger partial charge in [0.2, 0.25) is 5.95 Å². The number of aliphatic hydroxyl groups excluding tert-OH is 1. The maximum atomic E-state index is 11.8. The molecule has 7 heteroatoms. The lowest BCUT2D eigenvalue weighted by atomic mass is 9.99. The van der Waals surface area contributed by atoms with Gasteiger partial charge in [0.1, 0.15) is 11.4 Å². The Bertz CT molecular complexity index is 1110. The largest absolute Gasteiger partial charge is 0.423 e. The minimum atomic E-state index is -0.356. The Hall–Kier alpha value is -2.93. The van der Waals surface area contributed by atoms with Crippen molar-refractivity contribution in [1.82, 2.24) is 9.97 Å². The molecule has 7 nitrogen and oxygen atoms in total. The van der Waals surface area contributed by atoms with Crippen LogP contribution in [0.5, 0.6) is 0 Å². The number of aryl methyl sites for hydroxylation is 2. The second-order valence-electron chi connectivity index (χ2n) is 8.23. The average Bonchev–Trinajstić information content (AvgIpc) is 2.74. The maximum Gasteiger partial charge on any atom is 0.336 e. The summed E-state index contributed by atoms with van der Waals surface area (Å²) in [5, 5.41) is 13.7. The summed E-state index contributed by atoms with van der Waals surface area (Å²) >= 11 is 0. The van der Waals surface area contributed by atoms with Gasteiger partial charge in [-0.15, -0.1) is 0 Å². The first-order valence-electron chi connectivity index (χ1n) is 11.1. The molecule has 0 spiro atoms. The van der Waals surface area contributed by atoms with E-state index in [9.17, 15) is 9.90 Å². The summed E-state index contributed by atoms with van der Waals surface area (Å²) in [5.74, 6) is 1.44. The first-order chi connectivity index (χ1) is 15.1. The van der Waals surface area contributed by atoms with Gasteiger partial charge in [0.25, 0.3) is 0 Å². The molecule has 4 rings (SSSR count). The quantitative estimate of drug-likeness (QED) is 0.548. The van der Waals surface area contributed by atoms with E-state index in [1.165, 1.54) is 12.5 Å². The fraction of sp³-hybridized carbons (Fsp3) is 0.458. The number of hydrogen-bond donors (Lipinski definition) is 2. The van der Waals surface area contributed by atoms with E-state index in [1.54, 1.807) is 0 Å². The fourth-order valence-electron chi connectivity index (χ4n) is 4.35. The lowest BCUT2D eigenvalue weighted by Crippen LogP contribution is -2.40. The molecule has 0 aliphatic carbocycles. The zero-order valence-corrected chi connectivity index (χ0v) is 18.2. The van der Waals surface area contributed by atoms with Crippen LogP contribution >= 0.6 is 0 Å². The van der Waals surface area contributed by atoms with Gasteiger partial charge >= 0.3 is 5.63 Å². The average molecular weight is 423 g/mol. The number of fused-ring (bicyclic) bond motifs is 1. The van der Waals surface area contributed by atoms with Crippen molar-refractivity contribution in [3.63, 3.8) is 0 Å². The van der Waals surface area contributed by atoms with Crippen LogP contribution in [0.2, 0.25) is 0 Å². The Labute approximate surface area is 182 Å². The van der Waals surface area contributed by atoms with Gasteiger partial charge < -0.3 is 19.7 Å². The molecule has 1 unspecified atom stereocenters. The first kappa shape index (κ1) is 21.3. The minimum absolute atomic E-state index is 0.181. The molecule has 3 aromatic rings. The van der Waals surface area contributed by atoms with E-state index in [1.807, 2.05) is 25.1 Å². The van der Waals surface area contributed by atoms with Gasteiger partial charge in [0.05, 0.1) is 0 Å². The number of hydrogen-bond acceptors (Lipinski definition) is 7. The zero-order valence-electron chi connectivity index (χ0n) is 18.2. The van der Waals surface area contributed by atoms with Gasteiger partial charge in [-0.3, -0.25) is 0 Å². The monoisotopic (exact) mass is 422 g/mol. The number of rotatable bonds is 7. The highest BCUT2D eigenvalue weighted by Gasteiger charge is 2.24. The predicted molar refractivity (Wildman–Crippen MR) is 123 cm³/mol. The molecule has 3 heterocycles. The summed E-state index contributed by atoms with van der Waals surface area (Å²) in [7, 11) is 0. The molecule has 1 aliphatic rings. The highest BCUT2D eigenvalue weighted by molar-refractivity contribution is 5.83. The molecule has 0 saturated carbocycles. The number of anilines is 3. The van der Waals surface area contributed by atoms with Crippen LogP contribution in [0, 0.1) is 6.92 Å². The van der Waals surface area contributed by atoms with Crippen molar-refractivity contribution < 1.29 is 9.52 Å². The van der Waals surface area contributed by atoms with E-state index in [0.29, 0.717) is 17.6 Å². The number of aliphatic hydroxyl groups is 1. The van der Waals surface area contributed by atoms with Crippen molar-refractivity contribution in [3.05, 3.63) is 52.0 Å². The summed E-state index contributed by atoms with van der Waals surface area (Å²) in [4.78, 5) is 23.6. The third kappa shape index (κ3) is 4.88. The summed E-state index contributed by atoms with van der Waals surface area (Å²) in [5.41, 5.74) is 2.84. The maximum absolute atomic E-state index is 11.8. The van der Waals surface area contributed by atoms with Crippen molar-refractivity contribution in [2.75, 3.05) is 23.4 Å². The number of nitrogens with one attached hydrogen (secondary N) is 1. The number of piperidine rings is 1. The van der Waals surface area contributed by atoms with E-state index in [2.05, 4.69) is 23.2 Å². The Kier molecular flexibility index (Phi) is 6.51. The van der Waals surface area contributed by atoms with Gasteiger partial charge in [-0.05, 0) is 56.7 Å². The van der Waals surface area contributed by atoms with Crippen LogP contribution in [-0.4, -0.2) is 34.3 Å².